The number of amides is 1. The Labute approximate surface area is 214 Å². The summed E-state index contributed by atoms with van der Waals surface area (Å²) in [6.07, 6.45) is 0. The van der Waals surface area contributed by atoms with Gasteiger partial charge < -0.3 is 37.9 Å². The monoisotopic (exact) mass is 597 g/mol. The second kappa shape index (κ2) is 8.92. The number of nitrogens with zero attached hydrogens (tertiary/aromatic N) is 3. The summed E-state index contributed by atoms with van der Waals surface area (Å²) in [6.45, 7) is 0. The van der Waals surface area contributed by atoms with Crippen LogP contribution in [0.5, 0.6) is 11.5 Å². The van der Waals surface area contributed by atoms with Gasteiger partial charge in [-0.2, -0.15) is 0 Å². The van der Waals surface area contributed by atoms with E-state index in [9.17, 15) is 9.59 Å². The van der Waals surface area contributed by atoms with Crippen LogP contribution in [0.2, 0.25) is 5.02 Å². The lowest BCUT2D eigenvalue weighted by molar-refractivity contribution is -0.724. The molecule has 33 heavy (non-hydrogen) atoms. The van der Waals surface area contributed by atoms with Gasteiger partial charge in [0, 0.05) is 10.1 Å². The first-order valence-electron chi connectivity index (χ1n) is 9.56. The van der Waals surface area contributed by atoms with Gasteiger partial charge in [0.15, 0.2) is 24.0 Å². The van der Waals surface area contributed by atoms with Crippen molar-refractivity contribution >= 4 is 44.9 Å². The van der Waals surface area contributed by atoms with Gasteiger partial charge in [0.05, 0.1) is 31.2 Å². The van der Waals surface area contributed by atoms with Crippen LogP contribution in [0.25, 0.3) is 11.0 Å². The Kier molecular flexibility index (Phi) is 6.34. The molecule has 1 atom stereocenters. The SMILES string of the molecule is COc1ccc(C2c3c(oc4ccc(Cl)cc4c3=O)C(=O)N2c2n[n+](C)cs2)cc1OC.[I-]. The Balaban J connectivity index is 0.00000259. The zero-order valence-electron chi connectivity index (χ0n) is 17.7. The summed E-state index contributed by atoms with van der Waals surface area (Å²) < 4.78 is 18.3. The smallest absolute Gasteiger partial charge is 0.297 e. The van der Waals surface area contributed by atoms with E-state index >= 15 is 0 Å². The molecule has 8 nitrogen and oxygen atoms in total. The Bertz CT molecular complexity index is 1450. The second-order valence-electron chi connectivity index (χ2n) is 7.19. The summed E-state index contributed by atoms with van der Waals surface area (Å²) in [4.78, 5) is 28.6. The van der Waals surface area contributed by atoms with Crippen molar-refractivity contribution in [1.29, 1.82) is 0 Å². The molecular formula is C22H17ClIN3O5S. The predicted molar refractivity (Wildman–Crippen MR) is 119 cm³/mol. The van der Waals surface area contributed by atoms with Gasteiger partial charge in [-0.3, -0.25) is 14.5 Å². The quantitative estimate of drug-likeness (QED) is 0.252. The van der Waals surface area contributed by atoms with Crippen LogP contribution in [-0.4, -0.2) is 25.2 Å². The number of hydrogen-bond acceptors (Lipinski definition) is 7. The van der Waals surface area contributed by atoms with E-state index in [1.807, 2.05) is 0 Å². The minimum absolute atomic E-state index is 0. The van der Waals surface area contributed by atoms with Crippen LogP contribution in [0, 0.1) is 0 Å². The highest BCUT2D eigenvalue weighted by Crippen LogP contribution is 2.43. The lowest BCUT2D eigenvalue weighted by atomic mass is 9.98. The highest BCUT2D eigenvalue weighted by atomic mass is 127. The standard InChI is InChI=1S/C22H17ClN3O5S.HI/c1-25-10-32-22(24-25)26-18(11-4-6-15(29-2)16(8-11)30-3)17-19(27)13-9-12(23)5-7-14(13)31-20(17)21(26)28;/h4-10,18H,1-3H3;1H/q+1;/p-1. The van der Waals surface area contributed by atoms with Gasteiger partial charge in [-0.1, -0.05) is 22.3 Å². The van der Waals surface area contributed by atoms with Crippen molar-refractivity contribution in [3.8, 4) is 11.5 Å². The molecule has 1 aliphatic rings. The van der Waals surface area contributed by atoms with Crippen molar-refractivity contribution in [2.45, 2.75) is 6.04 Å². The van der Waals surface area contributed by atoms with Crippen molar-refractivity contribution in [3.63, 3.8) is 0 Å². The van der Waals surface area contributed by atoms with Crippen molar-refractivity contribution in [1.82, 2.24) is 5.10 Å². The molecule has 0 spiro atoms. The number of benzene rings is 2. The number of methoxy groups -OCH3 is 2. The first-order chi connectivity index (χ1) is 15.4. The molecule has 0 saturated heterocycles. The average molecular weight is 598 g/mol. The van der Waals surface area contributed by atoms with Crippen LogP contribution in [0.4, 0.5) is 5.13 Å². The van der Waals surface area contributed by atoms with Crippen molar-refractivity contribution < 1.29 is 47.3 Å². The van der Waals surface area contributed by atoms with E-state index in [-0.39, 0.29) is 40.7 Å². The normalized spacial score (nSPS) is 14.8. The van der Waals surface area contributed by atoms with Gasteiger partial charge in [0.25, 0.3) is 16.5 Å². The number of aryl methyl sites for hydroxylation is 1. The van der Waals surface area contributed by atoms with Gasteiger partial charge in [-0.05, 0) is 47.2 Å². The Morgan fingerprint density at radius 3 is 2.55 bits per heavy atom. The summed E-state index contributed by atoms with van der Waals surface area (Å²) in [6, 6.07) is 9.25. The van der Waals surface area contributed by atoms with Crippen LogP contribution in [0.1, 0.15) is 27.7 Å². The maximum absolute atomic E-state index is 13.6. The van der Waals surface area contributed by atoms with Crippen LogP contribution in [-0.2, 0) is 7.05 Å². The van der Waals surface area contributed by atoms with Gasteiger partial charge in [0.2, 0.25) is 5.76 Å². The molecule has 0 radical (unpaired) electrons. The van der Waals surface area contributed by atoms with E-state index in [2.05, 4.69) is 5.10 Å². The van der Waals surface area contributed by atoms with Crippen LogP contribution in [0.15, 0.2) is 51.1 Å². The zero-order valence-corrected chi connectivity index (χ0v) is 21.4. The summed E-state index contributed by atoms with van der Waals surface area (Å²) in [5.74, 6) is 0.556. The van der Waals surface area contributed by atoms with E-state index in [0.717, 1.165) is 0 Å². The van der Waals surface area contributed by atoms with E-state index in [0.29, 0.717) is 38.2 Å². The molecule has 3 heterocycles. The Morgan fingerprint density at radius 1 is 1.12 bits per heavy atom. The third-order valence-corrected chi connectivity index (χ3v) is 6.45. The van der Waals surface area contributed by atoms with E-state index in [4.69, 9.17) is 25.5 Å². The fourth-order valence-electron chi connectivity index (χ4n) is 3.89. The van der Waals surface area contributed by atoms with Crippen molar-refractivity contribution in [2.75, 3.05) is 19.1 Å². The molecule has 1 amide bonds. The molecule has 2 aromatic carbocycles. The number of anilines is 1. The molecule has 2 aromatic heterocycles. The summed E-state index contributed by atoms with van der Waals surface area (Å²) in [5, 5.41) is 5.56. The van der Waals surface area contributed by atoms with Gasteiger partial charge in [-0.15, -0.1) is 0 Å². The van der Waals surface area contributed by atoms with E-state index in [1.165, 1.54) is 30.5 Å². The molecular weight excluding hydrogens is 581 g/mol. The largest absolute Gasteiger partial charge is 1.00 e. The fraction of sp³-hybridized carbons (Fsp3) is 0.182. The topological polar surface area (TPSA) is 85.8 Å². The fourth-order valence-corrected chi connectivity index (χ4v) is 4.84. The van der Waals surface area contributed by atoms with Crippen LogP contribution >= 0.6 is 22.9 Å². The highest BCUT2D eigenvalue weighted by Gasteiger charge is 2.46. The number of fused-ring (bicyclic) bond motifs is 2. The van der Waals surface area contributed by atoms with Gasteiger partial charge in [-0.25, -0.2) is 0 Å². The number of hydrogen-bond donors (Lipinski definition) is 0. The molecule has 5 rings (SSSR count). The first kappa shape index (κ1) is 23.5. The first-order valence-corrected chi connectivity index (χ1v) is 10.8. The van der Waals surface area contributed by atoms with Crippen LogP contribution in [0.3, 0.4) is 0 Å². The minimum Gasteiger partial charge on any atom is -1.00 e. The number of carbonyl (C=O) groups excluding carboxylic acids is 1. The molecule has 11 heteroatoms. The maximum atomic E-state index is 13.6. The Morgan fingerprint density at radius 2 is 1.88 bits per heavy atom. The van der Waals surface area contributed by atoms with E-state index < -0.39 is 11.9 Å². The minimum atomic E-state index is -0.761. The molecule has 4 aromatic rings. The predicted octanol–water partition coefficient (Wildman–Crippen LogP) is 0.498. The van der Waals surface area contributed by atoms with Gasteiger partial charge in [0.1, 0.15) is 5.58 Å². The van der Waals surface area contributed by atoms with Crippen LogP contribution < -0.4 is 48.5 Å². The molecule has 170 valence electrons. The number of carbonyl (C=O) groups is 1. The zero-order chi connectivity index (χ0) is 22.6. The third-order valence-electron chi connectivity index (χ3n) is 5.32. The Hall–Kier alpha value is -2.70. The molecule has 1 unspecified atom stereocenters. The molecule has 1 aliphatic heterocycles. The average Bonchev–Trinajstić information content (AvgIpc) is 3.34. The molecule has 0 aliphatic carbocycles. The van der Waals surface area contributed by atoms with Crippen molar-refractivity contribution in [3.05, 3.63) is 74.0 Å². The molecule has 0 bridgehead atoms. The highest BCUT2D eigenvalue weighted by molar-refractivity contribution is 7.13. The maximum Gasteiger partial charge on any atom is 0.297 e. The molecule has 0 N–H and O–H groups in total. The lowest BCUT2D eigenvalue weighted by Gasteiger charge is -2.22. The third kappa shape index (κ3) is 3.75. The molecule has 0 fully saturated rings. The summed E-state index contributed by atoms with van der Waals surface area (Å²) in [5.41, 5.74) is 2.63. The van der Waals surface area contributed by atoms with E-state index in [1.54, 1.807) is 53.6 Å². The summed E-state index contributed by atoms with van der Waals surface area (Å²) in [7, 11) is 4.83. The van der Waals surface area contributed by atoms with Gasteiger partial charge >= 0.3 is 0 Å². The number of halogens is 2. The number of ether oxygens (including phenoxy) is 2. The number of rotatable bonds is 4. The van der Waals surface area contributed by atoms with Crippen molar-refractivity contribution in [2.24, 2.45) is 7.05 Å². The second-order valence-corrected chi connectivity index (χ2v) is 8.43. The lowest BCUT2D eigenvalue weighted by Crippen LogP contribution is -3.00. The molecule has 0 saturated carbocycles. The number of aromatic nitrogens is 2. The summed E-state index contributed by atoms with van der Waals surface area (Å²) >= 11 is 7.41.